The number of anilines is 1. The van der Waals surface area contributed by atoms with Gasteiger partial charge in [0, 0.05) is 12.4 Å². The fraction of sp³-hybridized carbons (Fsp3) is 0.444. The van der Waals surface area contributed by atoms with Gasteiger partial charge in [-0.2, -0.15) is 0 Å². The summed E-state index contributed by atoms with van der Waals surface area (Å²) in [6.45, 7) is 5.35. The van der Waals surface area contributed by atoms with Crippen molar-refractivity contribution in [1.29, 1.82) is 0 Å². The molecule has 1 aromatic rings. The third-order valence-corrected chi connectivity index (χ3v) is 1.13. The first-order valence-corrected chi connectivity index (χ1v) is 4.16. The minimum absolute atomic E-state index is 0.252. The molecule has 0 bridgehead atoms. The second-order valence-corrected chi connectivity index (χ2v) is 3.64. The van der Waals surface area contributed by atoms with E-state index in [4.69, 9.17) is 4.74 Å². The third kappa shape index (κ3) is 3.84. The Bertz CT molecular complexity index is 306. The van der Waals surface area contributed by atoms with Gasteiger partial charge in [-0.3, -0.25) is 5.32 Å². The number of aromatic nitrogens is 2. The number of carbonyl (C=O) groups is 1. The molecule has 1 N–H and O–H groups in total. The quantitative estimate of drug-likeness (QED) is 0.737. The molecule has 5 nitrogen and oxygen atoms in total. The van der Waals surface area contributed by atoms with E-state index in [1.807, 2.05) is 0 Å². The molecule has 0 spiro atoms. The van der Waals surface area contributed by atoms with Crippen molar-refractivity contribution in [3.63, 3.8) is 0 Å². The van der Waals surface area contributed by atoms with Crippen molar-refractivity contribution in [2.24, 2.45) is 0 Å². The van der Waals surface area contributed by atoms with Crippen LogP contribution >= 0.6 is 0 Å². The van der Waals surface area contributed by atoms with Crippen molar-refractivity contribution in [2.45, 2.75) is 26.4 Å². The van der Waals surface area contributed by atoms with Crippen LogP contribution < -0.4 is 5.32 Å². The molecule has 1 rings (SSSR count). The maximum atomic E-state index is 11.2. The van der Waals surface area contributed by atoms with Crippen LogP contribution in [0.25, 0.3) is 0 Å². The van der Waals surface area contributed by atoms with Crippen molar-refractivity contribution < 1.29 is 9.53 Å². The van der Waals surface area contributed by atoms with Gasteiger partial charge in [-0.05, 0) is 20.8 Å². The maximum Gasteiger partial charge on any atom is 0.413 e. The zero-order valence-electron chi connectivity index (χ0n) is 8.37. The van der Waals surface area contributed by atoms with E-state index in [2.05, 4.69) is 21.5 Å². The smallest absolute Gasteiger partial charge is 0.413 e. The first-order valence-electron chi connectivity index (χ1n) is 4.16. The van der Waals surface area contributed by atoms with E-state index in [-0.39, 0.29) is 5.82 Å². The second-order valence-electron chi connectivity index (χ2n) is 3.64. The van der Waals surface area contributed by atoms with Crippen LogP contribution in [0.1, 0.15) is 20.8 Å². The largest absolute Gasteiger partial charge is 0.444 e. The summed E-state index contributed by atoms with van der Waals surface area (Å²) in [5.41, 5.74) is -0.522. The first kappa shape index (κ1) is 10.4. The fourth-order valence-corrected chi connectivity index (χ4v) is 0.729. The first-order chi connectivity index (χ1) is 6.47. The molecular formula is C9H12N3O2. The molecule has 5 heteroatoms. The van der Waals surface area contributed by atoms with Crippen LogP contribution in [0.3, 0.4) is 0 Å². The second kappa shape index (κ2) is 4.04. The summed E-state index contributed by atoms with van der Waals surface area (Å²) in [6.07, 6.45) is 4.89. The Kier molecular flexibility index (Phi) is 3.01. The number of hydrogen-bond acceptors (Lipinski definition) is 4. The molecule has 0 atom stereocenters. The third-order valence-electron chi connectivity index (χ3n) is 1.13. The molecule has 0 aliphatic heterocycles. The molecular weight excluding hydrogens is 182 g/mol. The summed E-state index contributed by atoms with van der Waals surface area (Å²) in [4.78, 5) is 18.7. The average Bonchev–Trinajstić information content (AvgIpc) is 2.02. The molecule has 75 valence electrons. The summed E-state index contributed by atoms with van der Waals surface area (Å²) < 4.78 is 5.00. The zero-order valence-corrected chi connectivity index (χ0v) is 8.37. The lowest BCUT2D eigenvalue weighted by Crippen LogP contribution is -2.27. The van der Waals surface area contributed by atoms with Gasteiger partial charge in [0.2, 0.25) is 0 Å². The minimum atomic E-state index is -0.561. The van der Waals surface area contributed by atoms with Gasteiger partial charge < -0.3 is 4.74 Å². The Labute approximate surface area is 82.5 Å². The van der Waals surface area contributed by atoms with Crippen LogP contribution in [0, 0.1) is 6.20 Å². The molecule has 1 aromatic heterocycles. The van der Waals surface area contributed by atoms with Crippen LogP contribution in [-0.2, 0) is 4.74 Å². The van der Waals surface area contributed by atoms with Gasteiger partial charge in [0.15, 0.2) is 5.82 Å². The highest BCUT2D eigenvalue weighted by Gasteiger charge is 2.16. The van der Waals surface area contributed by atoms with E-state index in [9.17, 15) is 4.79 Å². The van der Waals surface area contributed by atoms with Crippen LogP contribution in [0.5, 0.6) is 0 Å². The fourth-order valence-electron chi connectivity index (χ4n) is 0.729. The van der Waals surface area contributed by atoms with Crippen molar-refractivity contribution in [3.8, 4) is 0 Å². The van der Waals surface area contributed by atoms with Crippen LogP contribution in [0.2, 0.25) is 0 Å². The van der Waals surface area contributed by atoms with Crippen molar-refractivity contribution in [3.05, 3.63) is 18.6 Å². The number of nitrogens with zero attached hydrogens (tertiary/aromatic N) is 2. The summed E-state index contributed by atoms with van der Waals surface area (Å²) in [5.74, 6) is 0.252. The Balaban J connectivity index is 2.50. The number of nitrogens with one attached hydrogen (secondary N) is 1. The molecule has 1 heterocycles. The monoisotopic (exact) mass is 194 g/mol. The zero-order chi connectivity index (χ0) is 10.6. The van der Waals surface area contributed by atoms with Crippen molar-refractivity contribution >= 4 is 11.9 Å². The number of hydrogen-bond donors (Lipinski definition) is 1. The predicted molar refractivity (Wildman–Crippen MR) is 50.7 cm³/mol. The van der Waals surface area contributed by atoms with Gasteiger partial charge in [0.25, 0.3) is 0 Å². The maximum absolute atomic E-state index is 11.2. The van der Waals surface area contributed by atoms with E-state index in [0.717, 1.165) is 0 Å². The van der Waals surface area contributed by atoms with E-state index in [1.165, 1.54) is 12.4 Å². The molecule has 0 aromatic carbocycles. The van der Waals surface area contributed by atoms with Crippen molar-refractivity contribution in [2.75, 3.05) is 5.32 Å². The lowest BCUT2D eigenvalue weighted by molar-refractivity contribution is 0.0635. The predicted octanol–water partition coefficient (Wildman–Crippen LogP) is 1.62. The highest BCUT2D eigenvalue weighted by Crippen LogP contribution is 2.08. The van der Waals surface area contributed by atoms with Gasteiger partial charge in [-0.15, -0.1) is 0 Å². The highest BCUT2D eigenvalue weighted by molar-refractivity contribution is 5.83. The number of carbonyl (C=O) groups excluding carboxylic acids is 1. The van der Waals surface area contributed by atoms with E-state index in [1.54, 1.807) is 20.8 Å². The van der Waals surface area contributed by atoms with Gasteiger partial charge in [0.1, 0.15) is 11.8 Å². The highest BCUT2D eigenvalue weighted by atomic mass is 16.6. The minimum Gasteiger partial charge on any atom is -0.444 e. The van der Waals surface area contributed by atoms with Crippen molar-refractivity contribution in [1.82, 2.24) is 9.97 Å². The van der Waals surface area contributed by atoms with Crippen LogP contribution in [0.15, 0.2) is 12.4 Å². The van der Waals surface area contributed by atoms with E-state index in [0.29, 0.717) is 0 Å². The average molecular weight is 194 g/mol. The SMILES string of the molecule is CC(C)(C)OC(=O)Nc1[c]nccn1. The van der Waals surface area contributed by atoms with Gasteiger partial charge >= 0.3 is 6.09 Å². The summed E-state index contributed by atoms with van der Waals surface area (Å²) >= 11 is 0. The number of ether oxygens (including phenoxy) is 1. The molecule has 14 heavy (non-hydrogen) atoms. The molecule has 0 saturated carbocycles. The summed E-state index contributed by atoms with van der Waals surface area (Å²) in [5, 5.41) is 2.41. The van der Waals surface area contributed by atoms with E-state index >= 15 is 0 Å². The summed E-state index contributed by atoms with van der Waals surface area (Å²) in [7, 11) is 0. The Hall–Kier alpha value is -1.65. The molecule has 0 aliphatic carbocycles. The van der Waals surface area contributed by atoms with Gasteiger partial charge in [-0.25, -0.2) is 14.8 Å². The number of rotatable bonds is 1. The molecule has 1 radical (unpaired) electrons. The Morgan fingerprint density at radius 1 is 1.50 bits per heavy atom. The van der Waals surface area contributed by atoms with E-state index < -0.39 is 11.7 Å². The Morgan fingerprint density at radius 2 is 2.21 bits per heavy atom. The molecule has 0 unspecified atom stereocenters. The lowest BCUT2D eigenvalue weighted by Gasteiger charge is -2.19. The van der Waals surface area contributed by atoms with Gasteiger partial charge in [-0.1, -0.05) is 0 Å². The lowest BCUT2D eigenvalue weighted by atomic mass is 10.2. The van der Waals surface area contributed by atoms with Gasteiger partial charge in [0.05, 0.1) is 0 Å². The topological polar surface area (TPSA) is 64.1 Å². The summed E-state index contributed by atoms with van der Waals surface area (Å²) in [6, 6.07) is 0. The van der Waals surface area contributed by atoms with Crippen LogP contribution in [-0.4, -0.2) is 21.7 Å². The Morgan fingerprint density at radius 3 is 2.71 bits per heavy atom. The molecule has 0 saturated heterocycles. The normalized spacial score (nSPS) is 10.8. The standard InChI is InChI=1S/C9H12N3O2/c1-9(2,3)14-8(13)12-7-6-10-4-5-11-7/h4-5H,1-3H3,(H,11,12,13). The van der Waals surface area contributed by atoms with Crippen LogP contribution in [0.4, 0.5) is 10.6 Å². The number of amides is 1. The molecule has 1 amide bonds. The molecule has 0 aliphatic rings. The molecule has 0 fully saturated rings.